The molecule has 0 aliphatic rings. The van der Waals surface area contributed by atoms with Crippen molar-refractivity contribution in [2.75, 3.05) is 6.61 Å². The summed E-state index contributed by atoms with van der Waals surface area (Å²) in [6, 6.07) is 3.93. The molecule has 0 unspecified atom stereocenters. The number of unbranched alkanes of at least 4 members (excludes halogenated alkanes) is 1. The third-order valence-electron chi connectivity index (χ3n) is 4.16. The molecule has 2 rings (SSSR count). The highest BCUT2D eigenvalue weighted by Crippen LogP contribution is 2.32. The summed E-state index contributed by atoms with van der Waals surface area (Å²) in [6.45, 7) is 13.9. The van der Waals surface area contributed by atoms with Gasteiger partial charge >= 0.3 is 5.97 Å². The molecule has 5 nitrogen and oxygen atoms in total. The Hall–Kier alpha value is -2.37. The summed E-state index contributed by atoms with van der Waals surface area (Å²) < 4.78 is 27.0. The lowest BCUT2D eigenvalue weighted by atomic mass is 9.96. The van der Waals surface area contributed by atoms with E-state index >= 15 is 0 Å². The van der Waals surface area contributed by atoms with Crippen molar-refractivity contribution < 1.29 is 18.7 Å². The highest BCUT2D eigenvalue weighted by Gasteiger charge is 2.30. The van der Waals surface area contributed by atoms with Gasteiger partial charge in [0.05, 0.1) is 12.0 Å². The van der Waals surface area contributed by atoms with Gasteiger partial charge in [-0.15, -0.1) is 0 Å². The predicted octanol–water partition coefficient (Wildman–Crippen LogP) is 5.32. The molecule has 0 aliphatic carbocycles. The van der Waals surface area contributed by atoms with Crippen molar-refractivity contribution in [3.05, 3.63) is 40.1 Å². The summed E-state index contributed by atoms with van der Waals surface area (Å²) in [7, 11) is 0. The van der Waals surface area contributed by atoms with E-state index in [1.165, 1.54) is 22.8 Å². The summed E-state index contributed by atoms with van der Waals surface area (Å²) in [5.41, 5.74) is -1.36. The van der Waals surface area contributed by atoms with Crippen LogP contribution in [0, 0.1) is 11.2 Å². The van der Waals surface area contributed by atoms with E-state index in [2.05, 4.69) is 0 Å². The van der Waals surface area contributed by atoms with Crippen LogP contribution in [-0.4, -0.2) is 22.7 Å². The van der Waals surface area contributed by atoms with Crippen molar-refractivity contribution in [1.29, 1.82) is 0 Å². The van der Waals surface area contributed by atoms with Gasteiger partial charge in [-0.3, -0.25) is 9.36 Å². The van der Waals surface area contributed by atoms with E-state index in [1.807, 2.05) is 27.7 Å². The molecule has 1 aromatic carbocycles. The highest BCUT2D eigenvalue weighted by atomic mass is 19.1. The number of hydrogen-bond donors (Lipinski definition) is 0. The molecule has 0 spiro atoms. The van der Waals surface area contributed by atoms with E-state index in [1.54, 1.807) is 20.8 Å². The minimum Gasteiger partial charge on any atom is -0.490 e. The van der Waals surface area contributed by atoms with Crippen molar-refractivity contribution in [1.82, 2.24) is 4.57 Å². The molecule has 0 N–H and O–H groups in total. The molecule has 1 aromatic heterocycles. The largest absolute Gasteiger partial charge is 0.490 e. The van der Waals surface area contributed by atoms with Crippen molar-refractivity contribution >= 4 is 16.7 Å². The van der Waals surface area contributed by atoms with E-state index in [9.17, 15) is 14.0 Å². The molecule has 2 aromatic rings. The van der Waals surface area contributed by atoms with E-state index in [0.29, 0.717) is 12.0 Å². The molecule has 160 valence electrons. The molecule has 6 heteroatoms. The standard InChI is InChI=1S/C23H32FNO4/c1-8-9-12-28-19-17-13-15(24)10-11-16(17)20(26)25(14-22(2,3)4)18(19)21(27)29-23(5,6)7/h10-11,13H,8-9,12,14H2,1-7H3. The monoisotopic (exact) mass is 405 g/mol. The number of ether oxygens (including phenoxy) is 2. The SMILES string of the molecule is CCCCOc1c(C(=O)OC(C)(C)C)n(CC(C)(C)C)c(=O)c2ccc(F)cc12. The molecule has 0 amide bonds. The minimum atomic E-state index is -0.753. The number of benzene rings is 1. The number of aromatic nitrogens is 1. The number of pyridine rings is 1. The molecule has 0 atom stereocenters. The second-order valence-corrected chi connectivity index (χ2v) is 9.52. The van der Waals surface area contributed by atoms with Crippen molar-refractivity contribution in [2.45, 2.75) is 73.5 Å². The highest BCUT2D eigenvalue weighted by molar-refractivity contribution is 5.99. The lowest BCUT2D eigenvalue weighted by Crippen LogP contribution is -2.34. The third-order valence-corrected chi connectivity index (χ3v) is 4.16. The van der Waals surface area contributed by atoms with Crippen LogP contribution < -0.4 is 10.3 Å². The molecule has 29 heavy (non-hydrogen) atoms. The third kappa shape index (κ3) is 5.81. The summed E-state index contributed by atoms with van der Waals surface area (Å²) >= 11 is 0. The number of rotatable bonds is 6. The minimum absolute atomic E-state index is 0.0362. The molecule has 0 aliphatic heterocycles. The summed E-state index contributed by atoms with van der Waals surface area (Å²) in [4.78, 5) is 26.4. The smallest absolute Gasteiger partial charge is 0.359 e. The van der Waals surface area contributed by atoms with Gasteiger partial charge in [0, 0.05) is 11.9 Å². The molecular weight excluding hydrogens is 373 g/mol. The maximum Gasteiger partial charge on any atom is 0.359 e. The van der Waals surface area contributed by atoms with Crippen molar-refractivity contribution in [3.63, 3.8) is 0 Å². The quantitative estimate of drug-likeness (QED) is 0.482. The Morgan fingerprint density at radius 3 is 2.31 bits per heavy atom. The lowest BCUT2D eigenvalue weighted by molar-refractivity contribution is 0.00501. The predicted molar refractivity (Wildman–Crippen MR) is 113 cm³/mol. The van der Waals surface area contributed by atoms with Gasteiger partial charge in [0.1, 0.15) is 11.4 Å². The first kappa shape index (κ1) is 22.9. The number of carbonyl (C=O) groups excluding carboxylic acids is 1. The second-order valence-electron chi connectivity index (χ2n) is 9.52. The number of esters is 1. The average Bonchev–Trinajstić information content (AvgIpc) is 2.55. The molecule has 0 radical (unpaired) electrons. The van der Waals surface area contributed by atoms with Crippen LogP contribution in [0.1, 0.15) is 71.8 Å². The summed E-state index contributed by atoms with van der Waals surface area (Å²) in [5.74, 6) is -0.955. The van der Waals surface area contributed by atoms with Gasteiger partial charge in [-0.1, -0.05) is 34.1 Å². The van der Waals surface area contributed by atoms with Crippen LogP contribution in [0.15, 0.2) is 23.0 Å². The van der Waals surface area contributed by atoms with Gasteiger partial charge in [-0.25, -0.2) is 9.18 Å². The molecule has 1 heterocycles. The van der Waals surface area contributed by atoms with E-state index in [4.69, 9.17) is 9.47 Å². The molecule has 0 fully saturated rings. The number of hydrogen-bond acceptors (Lipinski definition) is 4. The normalized spacial score (nSPS) is 12.3. The Bertz CT molecular complexity index is 948. The Morgan fingerprint density at radius 1 is 1.10 bits per heavy atom. The van der Waals surface area contributed by atoms with Crippen LogP contribution in [0.3, 0.4) is 0 Å². The van der Waals surface area contributed by atoms with Crippen LogP contribution in [0.25, 0.3) is 10.8 Å². The zero-order valence-corrected chi connectivity index (χ0v) is 18.5. The number of fused-ring (bicyclic) bond motifs is 1. The first-order chi connectivity index (χ1) is 13.3. The maximum atomic E-state index is 14.0. The lowest BCUT2D eigenvalue weighted by Gasteiger charge is -2.26. The Kier molecular flexibility index (Phi) is 6.76. The fourth-order valence-electron chi connectivity index (χ4n) is 3.01. The molecule has 0 bridgehead atoms. The van der Waals surface area contributed by atoms with Gasteiger partial charge in [-0.2, -0.15) is 0 Å². The molecule has 0 saturated carbocycles. The Morgan fingerprint density at radius 2 is 1.76 bits per heavy atom. The summed E-state index contributed by atoms with van der Waals surface area (Å²) in [5, 5.41) is 0.603. The average molecular weight is 406 g/mol. The van der Waals surface area contributed by atoms with Gasteiger partial charge in [0.2, 0.25) is 0 Å². The van der Waals surface area contributed by atoms with Gasteiger partial charge in [0.25, 0.3) is 5.56 Å². The van der Waals surface area contributed by atoms with Crippen LogP contribution in [0.4, 0.5) is 4.39 Å². The second kappa shape index (κ2) is 8.56. The fraction of sp³-hybridized carbons (Fsp3) is 0.565. The van der Waals surface area contributed by atoms with Crippen molar-refractivity contribution in [2.24, 2.45) is 5.41 Å². The molecule has 0 saturated heterocycles. The fourth-order valence-corrected chi connectivity index (χ4v) is 3.01. The van der Waals surface area contributed by atoms with Crippen LogP contribution >= 0.6 is 0 Å². The zero-order chi connectivity index (χ0) is 22.0. The number of halogens is 1. The zero-order valence-electron chi connectivity index (χ0n) is 18.5. The maximum absolute atomic E-state index is 14.0. The topological polar surface area (TPSA) is 57.5 Å². The van der Waals surface area contributed by atoms with Crippen molar-refractivity contribution in [3.8, 4) is 5.75 Å². The summed E-state index contributed by atoms with van der Waals surface area (Å²) in [6.07, 6.45) is 1.67. The number of nitrogens with zero attached hydrogens (tertiary/aromatic N) is 1. The van der Waals surface area contributed by atoms with Crippen LogP contribution in [0.2, 0.25) is 0 Å². The first-order valence-corrected chi connectivity index (χ1v) is 10.1. The first-order valence-electron chi connectivity index (χ1n) is 10.1. The van der Waals surface area contributed by atoms with Gasteiger partial charge < -0.3 is 9.47 Å². The van der Waals surface area contributed by atoms with Crippen LogP contribution in [-0.2, 0) is 11.3 Å². The molecular formula is C23H32FNO4. The Labute approximate surface area is 171 Å². The van der Waals surface area contributed by atoms with E-state index in [0.717, 1.165) is 12.8 Å². The number of carbonyl (C=O) groups is 1. The van der Waals surface area contributed by atoms with E-state index in [-0.39, 0.29) is 34.3 Å². The Balaban J connectivity index is 2.86. The van der Waals surface area contributed by atoms with Gasteiger partial charge in [-0.05, 0) is 50.8 Å². The van der Waals surface area contributed by atoms with Crippen LogP contribution in [0.5, 0.6) is 5.75 Å². The van der Waals surface area contributed by atoms with E-state index < -0.39 is 17.4 Å². The van der Waals surface area contributed by atoms with Gasteiger partial charge in [0.15, 0.2) is 11.4 Å².